The first-order valence-electron chi connectivity index (χ1n) is 4.13. The molecule has 6 nitrogen and oxygen atoms in total. The SMILES string of the molecule is [13CH3][13C](=O)N[C@@H](CSC(C#N)CO)C(=O)O. The van der Waals surface area contributed by atoms with Gasteiger partial charge in [0.2, 0.25) is 5.91 Å². The zero-order valence-corrected chi connectivity index (χ0v) is 8.95. The van der Waals surface area contributed by atoms with Crippen molar-refractivity contribution in [1.29, 1.82) is 5.26 Å². The maximum Gasteiger partial charge on any atom is 0.327 e. The van der Waals surface area contributed by atoms with Crippen LogP contribution in [0.4, 0.5) is 0 Å². The van der Waals surface area contributed by atoms with Gasteiger partial charge in [0.15, 0.2) is 0 Å². The molecule has 0 rings (SSSR count). The molecule has 0 radical (unpaired) electrons. The molecule has 0 saturated heterocycles. The van der Waals surface area contributed by atoms with Gasteiger partial charge in [0.05, 0.1) is 12.7 Å². The van der Waals surface area contributed by atoms with E-state index < -0.39 is 23.2 Å². The Kier molecular flexibility index (Phi) is 6.49. The molecule has 0 fully saturated rings. The van der Waals surface area contributed by atoms with E-state index in [9.17, 15) is 9.59 Å². The Bertz CT molecular complexity index is 276. The first kappa shape index (κ1) is 13.7. The number of carbonyl (C=O) groups excluding carboxylic acids is 1. The minimum Gasteiger partial charge on any atom is -0.480 e. The molecule has 0 aromatic heterocycles. The highest BCUT2D eigenvalue weighted by Gasteiger charge is 2.20. The zero-order valence-electron chi connectivity index (χ0n) is 8.14. The van der Waals surface area contributed by atoms with Crippen LogP contribution in [0, 0.1) is 11.3 Å². The second kappa shape index (κ2) is 7.09. The number of carbonyl (C=O) groups is 2. The summed E-state index contributed by atoms with van der Waals surface area (Å²) in [5, 5.41) is 27.4. The minimum absolute atomic E-state index is 0.0493. The molecule has 15 heavy (non-hydrogen) atoms. The van der Waals surface area contributed by atoms with Gasteiger partial charge in [-0.3, -0.25) is 4.79 Å². The molecule has 2 atom stereocenters. The molecule has 0 aliphatic rings. The zero-order chi connectivity index (χ0) is 11.8. The van der Waals surface area contributed by atoms with Crippen molar-refractivity contribution in [2.75, 3.05) is 12.4 Å². The van der Waals surface area contributed by atoms with E-state index in [-0.39, 0.29) is 12.4 Å². The summed E-state index contributed by atoms with van der Waals surface area (Å²) in [7, 11) is 0. The first-order chi connectivity index (χ1) is 7.01. The third kappa shape index (κ3) is 5.93. The topological polar surface area (TPSA) is 110 Å². The highest BCUT2D eigenvalue weighted by molar-refractivity contribution is 8.00. The lowest BCUT2D eigenvalue weighted by Gasteiger charge is -2.13. The van der Waals surface area contributed by atoms with Crippen LogP contribution in [0.5, 0.6) is 0 Å². The number of aliphatic carboxylic acids is 1. The Labute approximate surface area is 91.3 Å². The number of hydrogen-bond donors (Lipinski definition) is 3. The fourth-order valence-corrected chi connectivity index (χ4v) is 1.59. The fourth-order valence-electron chi connectivity index (χ4n) is 0.763. The van der Waals surface area contributed by atoms with E-state index in [2.05, 4.69) is 5.32 Å². The van der Waals surface area contributed by atoms with E-state index in [1.807, 2.05) is 0 Å². The third-order valence-corrected chi connectivity index (χ3v) is 2.63. The van der Waals surface area contributed by atoms with Crippen molar-refractivity contribution in [3.05, 3.63) is 0 Å². The van der Waals surface area contributed by atoms with Crippen LogP contribution in [0.3, 0.4) is 0 Å². The predicted molar refractivity (Wildman–Crippen MR) is 54.2 cm³/mol. The quantitative estimate of drug-likeness (QED) is 0.518. The summed E-state index contributed by atoms with van der Waals surface area (Å²) < 4.78 is 0. The second-order valence-corrected chi connectivity index (χ2v) is 3.96. The van der Waals surface area contributed by atoms with Gasteiger partial charge in [-0.25, -0.2) is 4.79 Å². The summed E-state index contributed by atoms with van der Waals surface area (Å²) in [6.07, 6.45) is 0. The number of carboxylic acid groups (broad SMARTS) is 1. The van der Waals surface area contributed by atoms with Crippen molar-refractivity contribution in [1.82, 2.24) is 5.32 Å². The van der Waals surface area contributed by atoms with Crippen LogP contribution >= 0.6 is 11.8 Å². The number of rotatable bonds is 6. The number of thioether (sulfide) groups is 1. The van der Waals surface area contributed by atoms with Gasteiger partial charge in [0.25, 0.3) is 0 Å². The van der Waals surface area contributed by atoms with E-state index in [1.165, 1.54) is 6.92 Å². The standard InChI is InChI=1S/C8H12N2O4S/c1-5(12)10-7(8(13)14)4-15-6(2-9)3-11/h6-7,11H,3-4H2,1H3,(H,10,12)(H,13,14)/t6?,7-/m0/s1/i1+1,5+1. The van der Waals surface area contributed by atoms with Crippen molar-refractivity contribution >= 4 is 23.6 Å². The van der Waals surface area contributed by atoms with Crippen LogP contribution < -0.4 is 5.32 Å². The van der Waals surface area contributed by atoms with Crippen molar-refractivity contribution in [2.45, 2.75) is 18.2 Å². The van der Waals surface area contributed by atoms with E-state index in [1.54, 1.807) is 6.07 Å². The lowest BCUT2D eigenvalue weighted by molar-refractivity contribution is -0.140. The van der Waals surface area contributed by atoms with Gasteiger partial charge < -0.3 is 15.5 Å². The van der Waals surface area contributed by atoms with E-state index >= 15 is 0 Å². The summed E-state index contributed by atoms with van der Waals surface area (Å²) in [5.41, 5.74) is 0. The Balaban J connectivity index is 4.13. The first-order valence-corrected chi connectivity index (χ1v) is 5.18. The van der Waals surface area contributed by atoms with Crippen molar-refractivity contribution in [3.8, 4) is 6.07 Å². The smallest absolute Gasteiger partial charge is 0.327 e. The predicted octanol–water partition coefficient (Wildman–Crippen LogP) is -0.807. The van der Waals surface area contributed by atoms with Gasteiger partial charge in [-0.05, 0) is 0 Å². The van der Waals surface area contributed by atoms with Crippen LogP contribution in [0.25, 0.3) is 0 Å². The monoisotopic (exact) mass is 234 g/mol. The molecule has 0 aliphatic heterocycles. The number of hydrogen-bond acceptors (Lipinski definition) is 5. The van der Waals surface area contributed by atoms with E-state index in [0.29, 0.717) is 0 Å². The summed E-state index contributed by atoms with van der Waals surface area (Å²) in [6, 6.07) is 0.774. The molecule has 1 unspecified atom stereocenters. The van der Waals surface area contributed by atoms with Gasteiger partial charge in [-0.2, -0.15) is 5.26 Å². The molecule has 84 valence electrons. The molecule has 1 amide bonds. The van der Waals surface area contributed by atoms with Crippen LogP contribution in [0.15, 0.2) is 0 Å². The number of amides is 1. The number of aliphatic hydroxyl groups is 1. The van der Waals surface area contributed by atoms with Gasteiger partial charge in [-0.15, -0.1) is 11.8 Å². The highest BCUT2D eigenvalue weighted by atomic mass is 32.2. The fraction of sp³-hybridized carbons (Fsp3) is 0.625. The van der Waals surface area contributed by atoms with E-state index in [4.69, 9.17) is 15.5 Å². The van der Waals surface area contributed by atoms with Gasteiger partial charge >= 0.3 is 5.97 Å². The Morgan fingerprint density at radius 2 is 2.20 bits per heavy atom. The molecule has 3 N–H and O–H groups in total. The molecule has 0 spiro atoms. The molecule has 7 heteroatoms. The molecular weight excluding hydrogens is 222 g/mol. The summed E-state index contributed by atoms with van der Waals surface area (Å²) in [6.45, 7) is 0.877. The van der Waals surface area contributed by atoms with Crippen LogP contribution in [-0.2, 0) is 9.59 Å². The average Bonchev–Trinajstić information content (AvgIpc) is 2.16. The number of aliphatic hydroxyl groups excluding tert-OH is 1. The lowest BCUT2D eigenvalue weighted by atomic mass is 10.4. The number of carboxylic acids is 1. The summed E-state index contributed by atoms with van der Waals surface area (Å²) >= 11 is 0.993. The largest absolute Gasteiger partial charge is 0.480 e. The van der Waals surface area contributed by atoms with Crippen LogP contribution in [0.1, 0.15) is 6.92 Å². The molecule has 0 aromatic rings. The number of nitrogens with one attached hydrogen (secondary N) is 1. The molecular formula is C8H12N2O4S. The van der Waals surface area contributed by atoms with Crippen molar-refractivity contribution in [2.24, 2.45) is 0 Å². The Morgan fingerprint density at radius 1 is 1.60 bits per heavy atom. The lowest BCUT2D eigenvalue weighted by Crippen LogP contribution is -2.41. The normalized spacial score (nSPS) is 13.7. The minimum atomic E-state index is -1.16. The van der Waals surface area contributed by atoms with Gasteiger partial charge in [0, 0.05) is 12.7 Å². The number of nitrogens with zero attached hydrogens (tertiary/aromatic N) is 1. The van der Waals surface area contributed by atoms with Crippen molar-refractivity contribution < 1.29 is 19.8 Å². The maximum atomic E-state index is 10.7. The Hall–Kier alpha value is -1.26. The molecule has 0 heterocycles. The molecule has 0 aliphatic carbocycles. The van der Waals surface area contributed by atoms with Crippen molar-refractivity contribution in [3.63, 3.8) is 0 Å². The average molecular weight is 234 g/mol. The second-order valence-electron chi connectivity index (χ2n) is 2.72. The maximum absolute atomic E-state index is 10.7. The van der Waals surface area contributed by atoms with E-state index in [0.717, 1.165) is 11.8 Å². The molecule has 0 bridgehead atoms. The Morgan fingerprint density at radius 3 is 2.53 bits per heavy atom. The van der Waals surface area contributed by atoms with Crippen LogP contribution in [0.2, 0.25) is 0 Å². The number of nitriles is 1. The molecule has 0 aromatic carbocycles. The molecule has 0 saturated carbocycles. The van der Waals surface area contributed by atoms with Gasteiger partial charge in [0.1, 0.15) is 11.3 Å². The third-order valence-electron chi connectivity index (χ3n) is 1.45. The highest BCUT2D eigenvalue weighted by Crippen LogP contribution is 2.11. The van der Waals surface area contributed by atoms with Crippen LogP contribution in [-0.4, -0.2) is 45.7 Å². The summed E-state index contributed by atoms with van der Waals surface area (Å²) in [5.74, 6) is -1.55. The van der Waals surface area contributed by atoms with Gasteiger partial charge in [-0.1, -0.05) is 0 Å². The summed E-state index contributed by atoms with van der Waals surface area (Å²) in [4.78, 5) is 21.3.